The highest BCUT2D eigenvalue weighted by Gasteiger charge is 2.18. The van der Waals surface area contributed by atoms with E-state index < -0.39 is 0 Å². The molecule has 0 atom stereocenters. The normalized spacial score (nSPS) is 15.6. The molecule has 3 nitrogen and oxygen atoms in total. The van der Waals surface area contributed by atoms with E-state index in [9.17, 15) is 4.79 Å². The topological polar surface area (TPSA) is 26.9 Å². The summed E-state index contributed by atoms with van der Waals surface area (Å²) in [5, 5.41) is 0. The Balaban J connectivity index is 2.09. The summed E-state index contributed by atoms with van der Waals surface area (Å²) >= 11 is 0. The molecule has 0 spiro atoms. The van der Waals surface area contributed by atoms with Crippen LogP contribution in [0, 0.1) is 11.3 Å². The molecule has 0 saturated heterocycles. The summed E-state index contributed by atoms with van der Waals surface area (Å²) in [6.07, 6.45) is 6.90. The number of allylic oxidation sites excluding steroid dienone is 4. The van der Waals surface area contributed by atoms with Gasteiger partial charge in [0.15, 0.2) is 0 Å². The molecule has 0 fully saturated rings. The van der Waals surface area contributed by atoms with E-state index in [1.54, 1.807) is 4.57 Å². The van der Waals surface area contributed by atoms with Gasteiger partial charge in [-0.1, -0.05) is 58.4 Å². The van der Waals surface area contributed by atoms with Gasteiger partial charge in [-0.2, -0.15) is 0 Å². The fourth-order valence-corrected chi connectivity index (χ4v) is 3.60. The highest BCUT2D eigenvalue weighted by molar-refractivity contribution is 5.84. The molecule has 1 aromatic carbocycles. The lowest BCUT2D eigenvalue weighted by atomic mass is 9.89. The van der Waals surface area contributed by atoms with E-state index in [0.29, 0.717) is 5.92 Å². The van der Waals surface area contributed by atoms with Gasteiger partial charge in [0, 0.05) is 13.6 Å². The van der Waals surface area contributed by atoms with Crippen molar-refractivity contribution in [3.05, 3.63) is 52.0 Å². The van der Waals surface area contributed by atoms with Gasteiger partial charge in [-0.3, -0.25) is 9.13 Å². The molecule has 25 heavy (non-hydrogen) atoms. The monoisotopic (exact) mass is 338 g/mol. The molecule has 3 heteroatoms. The quantitative estimate of drug-likeness (QED) is 0.760. The molecule has 0 unspecified atom stereocenters. The van der Waals surface area contributed by atoms with Crippen molar-refractivity contribution in [2.45, 2.75) is 54.0 Å². The van der Waals surface area contributed by atoms with Crippen molar-refractivity contribution in [2.24, 2.45) is 18.4 Å². The Morgan fingerprint density at radius 1 is 1.16 bits per heavy atom. The Labute approximate surface area is 150 Å². The SMILES string of the molecule is CC(C)C1=CC(c2ccc3c(c2)n(C)c(=O)n3CC(C)(C)C)=CCC1. The van der Waals surface area contributed by atoms with Crippen LogP contribution in [0.1, 0.15) is 53.0 Å². The number of aromatic nitrogens is 2. The van der Waals surface area contributed by atoms with Crippen LogP contribution in [0.5, 0.6) is 0 Å². The van der Waals surface area contributed by atoms with E-state index in [4.69, 9.17) is 0 Å². The Kier molecular flexibility index (Phi) is 4.52. The molecule has 3 rings (SSSR count). The van der Waals surface area contributed by atoms with Gasteiger partial charge in [0.25, 0.3) is 0 Å². The molecule has 0 saturated carbocycles. The second kappa shape index (κ2) is 6.36. The predicted octanol–water partition coefficient (Wildman–Crippen LogP) is 5.15. The van der Waals surface area contributed by atoms with Crippen LogP contribution in [0.25, 0.3) is 16.6 Å². The van der Waals surface area contributed by atoms with Crippen LogP contribution in [-0.2, 0) is 13.6 Å². The fourth-order valence-electron chi connectivity index (χ4n) is 3.60. The molecule has 134 valence electrons. The molecule has 1 heterocycles. The maximum absolute atomic E-state index is 12.7. The van der Waals surface area contributed by atoms with E-state index in [-0.39, 0.29) is 11.1 Å². The number of benzene rings is 1. The van der Waals surface area contributed by atoms with Crippen molar-refractivity contribution in [3.63, 3.8) is 0 Å². The lowest BCUT2D eigenvalue weighted by Gasteiger charge is -2.19. The summed E-state index contributed by atoms with van der Waals surface area (Å²) < 4.78 is 3.69. The van der Waals surface area contributed by atoms with Crippen LogP contribution in [0.2, 0.25) is 0 Å². The summed E-state index contributed by atoms with van der Waals surface area (Å²) in [5.74, 6) is 0.588. The average Bonchev–Trinajstić information content (AvgIpc) is 2.78. The zero-order valence-electron chi connectivity index (χ0n) is 16.4. The number of rotatable bonds is 3. The maximum Gasteiger partial charge on any atom is 0.328 e. The Bertz CT molecular complexity index is 914. The van der Waals surface area contributed by atoms with E-state index >= 15 is 0 Å². The zero-order valence-corrected chi connectivity index (χ0v) is 16.4. The predicted molar refractivity (Wildman–Crippen MR) is 107 cm³/mol. The molecule has 0 radical (unpaired) electrons. The van der Waals surface area contributed by atoms with Crippen molar-refractivity contribution in [1.82, 2.24) is 9.13 Å². The molecule has 0 aliphatic heterocycles. The van der Waals surface area contributed by atoms with Crippen LogP contribution < -0.4 is 5.69 Å². The largest absolute Gasteiger partial charge is 0.328 e. The molecule has 1 aromatic heterocycles. The molecular formula is C22H30N2O. The number of aryl methyl sites for hydroxylation is 1. The van der Waals surface area contributed by atoms with Crippen LogP contribution in [0.4, 0.5) is 0 Å². The first kappa shape index (κ1) is 17.8. The smallest absolute Gasteiger partial charge is 0.295 e. The fraction of sp³-hybridized carbons (Fsp3) is 0.500. The molecule has 0 bridgehead atoms. The lowest BCUT2D eigenvalue weighted by molar-refractivity contribution is 0.342. The van der Waals surface area contributed by atoms with Gasteiger partial charge in [-0.15, -0.1) is 0 Å². The molecule has 1 aliphatic rings. The Morgan fingerprint density at radius 2 is 1.88 bits per heavy atom. The van der Waals surface area contributed by atoms with Gasteiger partial charge in [0.1, 0.15) is 0 Å². The third kappa shape index (κ3) is 3.51. The molecular weight excluding hydrogens is 308 g/mol. The van der Waals surface area contributed by atoms with Crippen LogP contribution >= 0.6 is 0 Å². The van der Waals surface area contributed by atoms with E-state index in [1.165, 1.54) is 16.7 Å². The van der Waals surface area contributed by atoms with Gasteiger partial charge < -0.3 is 0 Å². The number of fused-ring (bicyclic) bond motifs is 1. The second-order valence-corrected chi connectivity index (χ2v) is 8.76. The highest BCUT2D eigenvalue weighted by Crippen LogP contribution is 2.30. The van der Waals surface area contributed by atoms with Crippen molar-refractivity contribution in [2.75, 3.05) is 0 Å². The third-order valence-electron chi connectivity index (χ3n) is 4.99. The minimum absolute atomic E-state index is 0.0670. The molecule has 1 aliphatic carbocycles. The molecule has 0 N–H and O–H groups in total. The summed E-state index contributed by atoms with van der Waals surface area (Å²) in [6.45, 7) is 11.7. The molecule has 2 aromatic rings. The summed E-state index contributed by atoms with van der Waals surface area (Å²) in [6, 6.07) is 6.43. The highest BCUT2D eigenvalue weighted by atomic mass is 16.1. The first-order chi connectivity index (χ1) is 11.7. The Morgan fingerprint density at radius 3 is 2.52 bits per heavy atom. The van der Waals surface area contributed by atoms with Crippen molar-refractivity contribution < 1.29 is 0 Å². The van der Waals surface area contributed by atoms with Crippen LogP contribution in [0.3, 0.4) is 0 Å². The summed E-state index contributed by atoms with van der Waals surface area (Å²) in [5.41, 5.74) is 6.17. The van der Waals surface area contributed by atoms with Crippen molar-refractivity contribution >= 4 is 16.6 Å². The first-order valence-corrected chi connectivity index (χ1v) is 9.27. The number of imidazole rings is 1. The van der Waals surface area contributed by atoms with Gasteiger partial charge >= 0.3 is 5.69 Å². The van der Waals surface area contributed by atoms with Crippen LogP contribution in [0.15, 0.2) is 40.7 Å². The minimum atomic E-state index is 0.0670. The first-order valence-electron chi connectivity index (χ1n) is 9.27. The summed E-state index contributed by atoms with van der Waals surface area (Å²) in [4.78, 5) is 12.7. The zero-order chi connectivity index (χ0) is 18.4. The standard InChI is InChI=1S/C22H30N2O/c1-15(2)16-8-7-9-17(12-16)18-10-11-19-20(13-18)23(6)21(25)24(19)14-22(3,4)5/h9-13,15H,7-8,14H2,1-6H3. The maximum atomic E-state index is 12.7. The Hall–Kier alpha value is -2.03. The lowest BCUT2D eigenvalue weighted by Crippen LogP contribution is -2.27. The summed E-state index contributed by atoms with van der Waals surface area (Å²) in [7, 11) is 1.87. The number of hydrogen-bond acceptors (Lipinski definition) is 1. The average molecular weight is 338 g/mol. The number of nitrogens with zero attached hydrogens (tertiary/aromatic N) is 2. The van der Waals surface area contributed by atoms with Crippen molar-refractivity contribution in [1.29, 1.82) is 0 Å². The minimum Gasteiger partial charge on any atom is -0.295 e. The van der Waals surface area contributed by atoms with Gasteiger partial charge in [0.2, 0.25) is 0 Å². The van der Waals surface area contributed by atoms with E-state index in [0.717, 1.165) is 30.4 Å². The van der Waals surface area contributed by atoms with E-state index in [2.05, 4.69) is 65.0 Å². The van der Waals surface area contributed by atoms with Gasteiger partial charge in [0.05, 0.1) is 11.0 Å². The second-order valence-electron chi connectivity index (χ2n) is 8.76. The van der Waals surface area contributed by atoms with Crippen molar-refractivity contribution in [3.8, 4) is 0 Å². The van der Waals surface area contributed by atoms with Gasteiger partial charge in [-0.05, 0) is 47.4 Å². The van der Waals surface area contributed by atoms with E-state index in [1.807, 2.05) is 11.6 Å². The van der Waals surface area contributed by atoms with Gasteiger partial charge in [-0.25, -0.2) is 4.79 Å². The number of hydrogen-bond donors (Lipinski definition) is 0. The third-order valence-corrected chi connectivity index (χ3v) is 4.99. The van der Waals surface area contributed by atoms with Crippen LogP contribution in [-0.4, -0.2) is 9.13 Å². The molecule has 0 amide bonds.